The summed E-state index contributed by atoms with van der Waals surface area (Å²) in [6.07, 6.45) is 0. The Hall–Kier alpha value is 0.110. The Balaban J connectivity index is -0.000000001000. The van der Waals surface area contributed by atoms with Crippen molar-refractivity contribution in [1.82, 2.24) is 0 Å². The van der Waals surface area contributed by atoms with E-state index in [1.165, 1.54) is 0 Å². The molecular weight excluding hydrogens is 223 g/mol. The second-order valence-electron chi connectivity index (χ2n) is 0.492. The van der Waals surface area contributed by atoms with E-state index >= 15 is 0 Å². The van der Waals surface area contributed by atoms with Gasteiger partial charge in [0.05, 0.1) is 0 Å². The van der Waals surface area contributed by atoms with Gasteiger partial charge in [0, 0.05) is 5.97 Å². The van der Waals surface area contributed by atoms with Gasteiger partial charge in [-0.05, 0) is 6.92 Å². The molecule has 11 nitrogen and oxygen atoms in total. The predicted molar refractivity (Wildman–Crippen MR) is 43.2 cm³/mol. The first-order valence-corrected chi connectivity index (χ1v) is 0.908. The standard InChI is InChI=1S/C2H4O2.Na.9H2O/c1-2(3)4;;;;;;;;;;/h1H3,(H,3,4);;9*1H2/q;+1;;;;;;;;;/p-1. The monoisotopic (exact) mass is 244 g/mol. The van der Waals surface area contributed by atoms with Gasteiger partial charge in [-0.15, -0.1) is 0 Å². The zero-order valence-electron chi connectivity index (χ0n) is 7.82. The Morgan fingerprint density at radius 1 is 0.714 bits per heavy atom. The van der Waals surface area contributed by atoms with Gasteiger partial charge in [0.2, 0.25) is 0 Å². The van der Waals surface area contributed by atoms with E-state index in [2.05, 4.69) is 0 Å². The molecule has 0 fully saturated rings. The molecule has 96 valence electrons. The first-order chi connectivity index (χ1) is 1.73. The Labute approximate surface area is 102 Å². The number of hydrogen-bond donors (Lipinski definition) is 0. The second-order valence-corrected chi connectivity index (χ2v) is 0.492. The van der Waals surface area contributed by atoms with Gasteiger partial charge in [0.1, 0.15) is 0 Å². The van der Waals surface area contributed by atoms with Gasteiger partial charge < -0.3 is 59.2 Å². The summed E-state index contributed by atoms with van der Waals surface area (Å²) in [4.78, 5) is 8.89. The van der Waals surface area contributed by atoms with E-state index in [9.17, 15) is 0 Å². The Morgan fingerprint density at radius 2 is 0.714 bits per heavy atom. The summed E-state index contributed by atoms with van der Waals surface area (Å²) in [6.45, 7) is 0.972. The first kappa shape index (κ1) is 251. The quantitative estimate of drug-likeness (QED) is 0.374. The number of hydrogen-bond acceptors (Lipinski definition) is 2. The van der Waals surface area contributed by atoms with Crippen molar-refractivity contribution in [2.45, 2.75) is 6.92 Å². The Bertz CT molecular complexity index is 36.3. The summed E-state index contributed by atoms with van der Waals surface area (Å²) < 4.78 is 0. The normalized spacial score (nSPS) is 1.79. The van der Waals surface area contributed by atoms with Crippen molar-refractivity contribution in [3.63, 3.8) is 0 Å². The van der Waals surface area contributed by atoms with E-state index in [0.717, 1.165) is 6.92 Å². The molecule has 0 aromatic rings. The molecule has 14 heavy (non-hydrogen) atoms. The van der Waals surface area contributed by atoms with Crippen LogP contribution in [0.5, 0.6) is 0 Å². The van der Waals surface area contributed by atoms with Gasteiger partial charge in [0.25, 0.3) is 0 Å². The molecule has 0 aromatic carbocycles. The third-order valence-corrected chi connectivity index (χ3v) is 0. The number of carboxylic acid groups (broad SMARTS) is 1. The van der Waals surface area contributed by atoms with Crippen molar-refractivity contribution in [3.05, 3.63) is 0 Å². The van der Waals surface area contributed by atoms with Crippen LogP contribution < -0.4 is 34.7 Å². The molecule has 0 spiro atoms. The van der Waals surface area contributed by atoms with Crippen LogP contribution >= 0.6 is 0 Å². The van der Waals surface area contributed by atoms with E-state index in [1.54, 1.807) is 0 Å². The van der Waals surface area contributed by atoms with E-state index in [1.807, 2.05) is 0 Å². The zero-order valence-corrected chi connectivity index (χ0v) is 9.82. The maximum atomic E-state index is 8.89. The molecule has 0 atom stereocenters. The van der Waals surface area contributed by atoms with Crippen molar-refractivity contribution >= 4 is 5.97 Å². The van der Waals surface area contributed by atoms with Crippen LogP contribution in [-0.2, 0) is 4.79 Å². The molecule has 0 aliphatic carbocycles. The van der Waals surface area contributed by atoms with Gasteiger partial charge >= 0.3 is 29.6 Å². The third kappa shape index (κ3) is 124000. The van der Waals surface area contributed by atoms with Gasteiger partial charge in [0.15, 0.2) is 0 Å². The maximum Gasteiger partial charge on any atom is 1.00 e. The van der Waals surface area contributed by atoms with E-state index in [4.69, 9.17) is 9.90 Å². The number of aliphatic carboxylic acids is 1. The molecular formula is C2H21NaO11. The van der Waals surface area contributed by atoms with Crippen LogP contribution in [0.3, 0.4) is 0 Å². The second kappa shape index (κ2) is 199. The molecule has 0 bridgehead atoms. The van der Waals surface area contributed by atoms with Crippen LogP contribution in [0.4, 0.5) is 0 Å². The molecule has 0 saturated heterocycles. The molecule has 0 rings (SSSR count). The summed E-state index contributed by atoms with van der Waals surface area (Å²) in [6, 6.07) is 0. The molecule has 0 radical (unpaired) electrons. The van der Waals surface area contributed by atoms with Gasteiger partial charge in [-0.3, -0.25) is 0 Å². The fraction of sp³-hybridized carbons (Fsp3) is 0.500. The number of carbonyl (C=O) groups excluding carboxylic acids is 1. The minimum Gasteiger partial charge on any atom is -0.550 e. The fourth-order valence-corrected chi connectivity index (χ4v) is 0. The van der Waals surface area contributed by atoms with Crippen molar-refractivity contribution < 1.29 is 88.7 Å². The fourth-order valence-electron chi connectivity index (χ4n) is 0. The summed E-state index contributed by atoms with van der Waals surface area (Å²) in [5.41, 5.74) is 0. The molecule has 0 aromatic heterocycles. The van der Waals surface area contributed by atoms with Crippen molar-refractivity contribution in [3.8, 4) is 0 Å². The molecule has 0 saturated carbocycles. The van der Waals surface area contributed by atoms with Crippen molar-refractivity contribution in [2.24, 2.45) is 0 Å². The average Bonchev–Trinajstić information content (AvgIpc) is 0.811. The smallest absolute Gasteiger partial charge is 0.550 e. The summed E-state index contributed by atoms with van der Waals surface area (Å²) >= 11 is 0. The number of carboxylic acids is 1. The predicted octanol–water partition coefficient (Wildman–Crippen LogP) is -11.7. The summed E-state index contributed by atoms with van der Waals surface area (Å²) in [5.74, 6) is -1.08. The van der Waals surface area contributed by atoms with Crippen molar-refractivity contribution in [2.75, 3.05) is 0 Å². The molecule has 0 heterocycles. The minimum absolute atomic E-state index is 0. The van der Waals surface area contributed by atoms with E-state index in [-0.39, 0.29) is 78.8 Å². The SMILES string of the molecule is CC(=O)[O-].O.O.O.O.O.O.O.O.O.[Na+]. The summed E-state index contributed by atoms with van der Waals surface area (Å²) in [5, 5.41) is 8.89. The largest absolute Gasteiger partial charge is 1.00 e. The topological polar surface area (TPSA) is 324 Å². The molecule has 0 aliphatic heterocycles. The van der Waals surface area contributed by atoms with Gasteiger partial charge in [-0.2, -0.15) is 0 Å². The van der Waals surface area contributed by atoms with Crippen molar-refractivity contribution in [1.29, 1.82) is 0 Å². The Kier molecular flexibility index (Phi) is 3560. The van der Waals surface area contributed by atoms with Crippen LogP contribution in [0.2, 0.25) is 0 Å². The van der Waals surface area contributed by atoms with Crippen LogP contribution in [0.15, 0.2) is 0 Å². The number of carbonyl (C=O) groups is 1. The average molecular weight is 244 g/mol. The van der Waals surface area contributed by atoms with Gasteiger partial charge in [-0.1, -0.05) is 0 Å². The first-order valence-electron chi connectivity index (χ1n) is 0.908. The molecule has 12 heteroatoms. The van der Waals surface area contributed by atoms with Crippen LogP contribution in [0, 0.1) is 0 Å². The number of rotatable bonds is 0. The zero-order chi connectivity index (χ0) is 3.58. The molecule has 0 amide bonds. The minimum atomic E-state index is -1.08. The van der Waals surface area contributed by atoms with Crippen LogP contribution in [0.1, 0.15) is 6.92 Å². The third-order valence-electron chi connectivity index (χ3n) is 0. The van der Waals surface area contributed by atoms with E-state index in [0.29, 0.717) is 0 Å². The van der Waals surface area contributed by atoms with Crippen LogP contribution in [-0.4, -0.2) is 55.3 Å². The maximum absolute atomic E-state index is 8.89. The Morgan fingerprint density at radius 3 is 0.714 bits per heavy atom. The van der Waals surface area contributed by atoms with Gasteiger partial charge in [-0.25, -0.2) is 0 Å². The molecule has 0 aliphatic rings. The summed E-state index contributed by atoms with van der Waals surface area (Å²) in [7, 11) is 0. The molecule has 0 unspecified atom stereocenters. The van der Waals surface area contributed by atoms with Crippen LogP contribution in [0.25, 0.3) is 0 Å². The molecule has 18 N–H and O–H groups in total. The van der Waals surface area contributed by atoms with E-state index < -0.39 is 5.97 Å².